The van der Waals surface area contributed by atoms with Crippen LogP contribution in [0.25, 0.3) is 0 Å². The van der Waals surface area contributed by atoms with Gasteiger partial charge in [-0.25, -0.2) is 0 Å². The Kier molecular flexibility index (Phi) is 14.8. The standard InChI is InChI=1S/C27H46O3S/c1-5-6-7-8-9-10-11-12-13-14-16-24(2)17-15-18-26(4)23-30-31(28,29)27-21-19-25(3)20-22-27/h5,19-22,24,26H,1,6-18,23H2,2-4H3/t24-,26-/m1/s1. The molecule has 0 aromatic heterocycles. The molecule has 178 valence electrons. The molecule has 0 aliphatic heterocycles. The van der Waals surface area contributed by atoms with Crippen LogP contribution in [0.1, 0.15) is 103 Å². The van der Waals surface area contributed by atoms with Crippen molar-refractivity contribution in [2.45, 2.75) is 109 Å². The monoisotopic (exact) mass is 450 g/mol. The third-order valence-corrected chi connectivity index (χ3v) is 7.36. The van der Waals surface area contributed by atoms with E-state index in [1.54, 1.807) is 24.3 Å². The van der Waals surface area contributed by atoms with Crippen molar-refractivity contribution in [1.29, 1.82) is 0 Å². The molecule has 0 aliphatic rings. The van der Waals surface area contributed by atoms with Crippen LogP contribution in [-0.2, 0) is 14.3 Å². The van der Waals surface area contributed by atoms with Crippen molar-refractivity contribution in [2.75, 3.05) is 6.61 Å². The lowest BCUT2D eigenvalue weighted by Crippen LogP contribution is -2.13. The second-order valence-corrected chi connectivity index (χ2v) is 11.0. The van der Waals surface area contributed by atoms with Crippen LogP contribution < -0.4 is 0 Å². The topological polar surface area (TPSA) is 43.4 Å². The van der Waals surface area contributed by atoms with Crippen molar-refractivity contribution < 1.29 is 12.6 Å². The Labute approximate surface area is 192 Å². The molecular weight excluding hydrogens is 404 g/mol. The zero-order valence-corrected chi connectivity index (χ0v) is 21.1. The first kappa shape index (κ1) is 27.9. The normalized spacial score (nSPS) is 13.8. The number of rotatable bonds is 19. The van der Waals surface area contributed by atoms with Gasteiger partial charge in [0.2, 0.25) is 0 Å². The van der Waals surface area contributed by atoms with Crippen molar-refractivity contribution in [1.82, 2.24) is 0 Å². The Morgan fingerprint density at radius 1 is 0.806 bits per heavy atom. The minimum absolute atomic E-state index is 0.242. The molecule has 0 amide bonds. The van der Waals surface area contributed by atoms with E-state index >= 15 is 0 Å². The summed E-state index contributed by atoms with van der Waals surface area (Å²) in [5, 5.41) is 0. The van der Waals surface area contributed by atoms with Gasteiger partial charge in [0, 0.05) is 0 Å². The number of hydrogen-bond acceptors (Lipinski definition) is 3. The first-order chi connectivity index (χ1) is 14.8. The maximum absolute atomic E-state index is 12.3. The molecule has 0 spiro atoms. The maximum atomic E-state index is 12.3. The van der Waals surface area contributed by atoms with Crippen LogP contribution in [0, 0.1) is 18.8 Å². The van der Waals surface area contributed by atoms with Crippen molar-refractivity contribution in [3.05, 3.63) is 42.5 Å². The van der Waals surface area contributed by atoms with Crippen LogP contribution in [0.3, 0.4) is 0 Å². The molecule has 0 saturated heterocycles. The minimum Gasteiger partial charge on any atom is -0.266 e. The van der Waals surface area contributed by atoms with Gasteiger partial charge in [-0.15, -0.1) is 6.58 Å². The van der Waals surface area contributed by atoms with Crippen molar-refractivity contribution >= 4 is 10.1 Å². The predicted octanol–water partition coefficient (Wildman–Crippen LogP) is 8.23. The molecule has 1 rings (SSSR count). The Hall–Kier alpha value is -1.13. The second kappa shape index (κ2) is 16.5. The van der Waals surface area contributed by atoms with Gasteiger partial charge >= 0.3 is 0 Å². The van der Waals surface area contributed by atoms with E-state index in [4.69, 9.17) is 4.18 Å². The van der Waals surface area contributed by atoms with E-state index in [0.29, 0.717) is 0 Å². The fourth-order valence-corrected chi connectivity index (χ4v) is 4.88. The Morgan fingerprint density at radius 2 is 1.32 bits per heavy atom. The van der Waals surface area contributed by atoms with Crippen molar-refractivity contribution in [3.63, 3.8) is 0 Å². The van der Waals surface area contributed by atoms with E-state index < -0.39 is 10.1 Å². The Bertz CT molecular complexity index is 679. The Balaban J connectivity index is 2.04. The summed E-state index contributed by atoms with van der Waals surface area (Å²) in [4.78, 5) is 0.242. The molecular formula is C27H46O3S. The van der Waals surface area contributed by atoms with Crippen molar-refractivity contribution in [2.24, 2.45) is 11.8 Å². The fourth-order valence-electron chi connectivity index (χ4n) is 3.86. The number of unbranched alkanes of at least 4 members (excludes halogenated alkanes) is 8. The summed E-state index contributed by atoms with van der Waals surface area (Å²) < 4.78 is 29.8. The summed E-state index contributed by atoms with van der Waals surface area (Å²) in [7, 11) is -3.65. The van der Waals surface area contributed by atoms with Gasteiger partial charge in [0.1, 0.15) is 0 Å². The van der Waals surface area contributed by atoms with Gasteiger partial charge in [-0.1, -0.05) is 102 Å². The molecule has 2 atom stereocenters. The van der Waals surface area contributed by atoms with Gasteiger partial charge in [0.25, 0.3) is 10.1 Å². The minimum atomic E-state index is -3.65. The summed E-state index contributed by atoms with van der Waals surface area (Å²) in [5.41, 5.74) is 1.04. The molecule has 0 fully saturated rings. The number of hydrogen-bond donors (Lipinski definition) is 0. The van der Waals surface area contributed by atoms with Crippen molar-refractivity contribution in [3.8, 4) is 0 Å². The van der Waals surface area contributed by atoms with E-state index in [2.05, 4.69) is 20.4 Å². The molecule has 0 heterocycles. The van der Waals surface area contributed by atoms with E-state index in [1.165, 1.54) is 64.2 Å². The quantitative estimate of drug-likeness (QED) is 0.121. The largest absolute Gasteiger partial charge is 0.296 e. The molecule has 3 nitrogen and oxygen atoms in total. The van der Waals surface area contributed by atoms with E-state index in [1.807, 2.05) is 13.0 Å². The van der Waals surface area contributed by atoms with E-state index in [9.17, 15) is 8.42 Å². The first-order valence-electron chi connectivity index (χ1n) is 12.4. The highest BCUT2D eigenvalue weighted by Crippen LogP contribution is 2.20. The van der Waals surface area contributed by atoms with Crippen LogP contribution >= 0.6 is 0 Å². The number of benzene rings is 1. The van der Waals surface area contributed by atoms with Crippen LogP contribution in [0.15, 0.2) is 41.8 Å². The molecule has 0 aliphatic carbocycles. The van der Waals surface area contributed by atoms with Crippen LogP contribution in [-0.4, -0.2) is 15.0 Å². The maximum Gasteiger partial charge on any atom is 0.296 e. The van der Waals surface area contributed by atoms with E-state index in [0.717, 1.165) is 30.7 Å². The van der Waals surface area contributed by atoms with Crippen LogP contribution in [0.4, 0.5) is 0 Å². The molecule has 4 heteroatoms. The molecule has 0 N–H and O–H groups in total. The lowest BCUT2D eigenvalue weighted by atomic mass is 9.94. The number of aryl methyl sites for hydroxylation is 1. The van der Waals surface area contributed by atoms with Gasteiger partial charge in [-0.05, 0) is 50.2 Å². The highest BCUT2D eigenvalue weighted by Gasteiger charge is 2.16. The first-order valence-corrected chi connectivity index (χ1v) is 13.8. The van der Waals surface area contributed by atoms with Gasteiger partial charge in [-0.3, -0.25) is 4.18 Å². The molecule has 0 bridgehead atoms. The van der Waals surface area contributed by atoms with Gasteiger partial charge < -0.3 is 0 Å². The fraction of sp³-hybridized carbons (Fsp3) is 0.704. The number of allylic oxidation sites excluding steroid dienone is 1. The lowest BCUT2D eigenvalue weighted by Gasteiger charge is -2.15. The molecule has 1 aromatic rings. The molecule has 31 heavy (non-hydrogen) atoms. The lowest BCUT2D eigenvalue weighted by molar-refractivity contribution is 0.251. The van der Waals surface area contributed by atoms with Crippen LogP contribution in [0.5, 0.6) is 0 Å². The van der Waals surface area contributed by atoms with Gasteiger partial charge in [0.15, 0.2) is 0 Å². The van der Waals surface area contributed by atoms with Gasteiger partial charge in [0.05, 0.1) is 11.5 Å². The molecule has 0 saturated carbocycles. The highest BCUT2D eigenvalue weighted by atomic mass is 32.2. The third-order valence-electron chi connectivity index (χ3n) is 6.07. The zero-order valence-electron chi connectivity index (χ0n) is 20.3. The zero-order chi connectivity index (χ0) is 23.0. The third kappa shape index (κ3) is 13.8. The molecule has 0 radical (unpaired) electrons. The summed E-state index contributed by atoms with van der Waals surface area (Å²) in [6, 6.07) is 6.82. The second-order valence-electron chi connectivity index (χ2n) is 9.39. The highest BCUT2D eigenvalue weighted by molar-refractivity contribution is 7.86. The van der Waals surface area contributed by atoms with Crippen LogP contribution in [0.2, 0.25) is 0 Å². The molecule has 0 unspecified atom stereocenters. The van der Waals surface area contributed by atoms with E-state index in [-0.39, 0.29) is 17.4 Å². The SMILES string of the molecule is C=CCCCCCCCCCC[C@@H](C)CCC[C@@H](C)COS(=O)(=O)c1ccc(C)cc1. The average molecular weight is 451 g/mol. The Morgan fingerprint density at radius 3 is 1.94 bits per heavy atom. The van der Waals surface area contributed by atoms with Gasteiger partial charge in [-0.2, -0.15) is 8.42 Å². The summed E-state index contributed by atoms with van der Waals surface area (Å²) in [6.07, 6.45) is 18.7. The summed E-state index contributed by atoms with van der Waals surface area (Å²) in [6.45, 7) is 10.4. The summed E-state index contributed by atoms with van der Waals surface area (Å²) >= 11 is 0. The molecule has 1 aromatic carbocycles. The predicted molar refractivity (Wildman–Crippen MR) is 133 cm³/mol. The smallest absolute Gasteiger partial charge is 0.266 e. The summed E-state index contributed by atoms with van der Waals surface area (Å²) in [5.74, 6) is 1.00. The average Bonchev–Trinajstić information content (AvgIpc) is 2.74.